The van der Waals surface area contributed by atoms with E-state index in [0.717, 1.165) is 37.5 Å². The third-order valence-electron chi connectivity index (χ3n) is 3.30. The van der Waals surface area contributed by atoms with Crippen LogP contribution < -0.4 is 10.6 Å². The molecule has 1 heterocycles. The van der Waals surface area contributed by atoms with Crippen molar-refractivity contribution in [2.24, 2.45) is 0 Å². The lowest BCUT2D eigenvalue weighted by Gasteiger charge is -2.10. The molecular formula is C16H23N3S. The highest BCUT2D eigenvalue weighted by atomic mass is 32.1. The maximum absolute atomic E-state index is 4.48. The van der Waals surface area contributed by atoms with E-state index >= 15 is 0 Å². The highest BCUT2D eigenvalue weighted by molar-refractivity contribution is 7.09. The number of aryl methyl sites for hydroxylation is 1. The van der Waals surface area contributed by atoms with Crippen molar-refractivity contribution in [2.45, 2.75) is 26.3 Å². The Morgan fingerprint density at radius 3 is 2.60 bits per heavy atom. The molecule has 0 atom stereocenters. The first-order chi connectivity index (χ1) is 9.79. The predicted molar refractivity (Wildman–Crippen MR) is 86.3 cm³/mol. The Kier molecular flexibility index (Phi) is 6.18. The van der Waals surface area contributed by atoms with E-state index in [0.29, 0.717) is 0 Å². The summed E-state index contributed by atoms with van der Waals surface area (Å²) < 4.78 is 0. The van der Waals surface area contributed by atoms with Crippen LogP contribution in [0.2, 0.25) is 0 Å². The molecule has 0 aliphatic heterocycles. The second-order valence-electron chi connectivity index (χ2n) is 4.91. The molecule has 0 saturated heterocycles. The van der Waals surface area contributed by atoms with E-state index in [1.165, 1.54) is 16.8 Å². The zero-order valence-corrected chi connectivity index (χ0v) is 13.1. The van der Waals surface area contributed by atoms with E-state index in [1.807, 2.05) is 7.05 Å². The molecule has 108 valence electrons. The minimum Gasteiger partial charge on any atom is -0.319 e. The van der Waals surface area contributed by atoms with Gasteiger partial charge in [0.2, 0.25) is 0 Å². The summed E-state index contributed by atoms with van der Waals surface area (Å²) in [6, 6.07) is 8.67. The van der Waals surface area contributed by atoms with Crippen molar-refractivity contribution in [1.82, 2.24) is 15.6 Å². The summed E-state index contributed by atoms with van der Waals surface area (Å²) in [6.45, 7) is 4.99. The Labute approximate surface area is 125 Å². The van der Waals surface area contributed by atoms with Gasteiger partial charge in [0.05, 0.1) is 10.7 Å². The van der Waals surface area contributed by atoms with Gasteiger partial charge in [-0.15, -0.1) is 11.3 Å². The van der Waals surface area contributed by atoms with Gasteiger partial charge in [0.1, 0.15) is 0 Å². The van der Waals surface area contributed by atoms with E-state index in [1.54, 1.807) is 11.3 Å². The molecular weight excluding hydrogens is 266 g/mol. The van der Waals surface area contributed by atoms with Gasteiger partial charge in [-0.05, 0) is 38.1 Å². The van der Waals surface area contributed by atoms with Gasteiger partial charge in [-0.25, -0.2) is 4.98 Å². The van der Waals surface area contributed by atoms with Crippen LogP contribution in [0.3, 0.4) is 0 Å². The summed E-state index contributed by atoms with van der Waals surface area (Å²) in [5.74, 6) is 0. The fourth-order valence-electron chi connectivity index (χ4n) is 2.20. The number of benzene rings is 1. The Balaban J connectivity index is 1.78. The number of hydrogen-bond donors (Lipinski definition) is 2. The lowest BCUT2D eigenvalue weighted by molar-refractivity contribution is 0.673. The van der Waals surface area contributed by atoms with Gasteiger partial charge in [-0.2, -0.15) is 0 Å². The number of nitrogens with zero attached hydrogens (tertiary/aromatic N) is 1. The first-order valence-corrected chi connectivity index (χ1v) is 8.00. The van der Waals surface area contributed by atoms with Gasteiger partial charge in [0, 0.05) is 24.9 Å². The Bertz CT molecular complexity index is 522. The molecule has 2 rings (SSSR count). The minimum absolute atomic E-state index is 0.934. The number of thiazole rings is 1. The van der Waals surface area contributed by atoms with Crippen LogP contribution in [0.1, 0.15) is 21.8 Å². The highest BCUT2D eigenvalue weighted by Crippen LogP contribution is 2.10. The van der Waals surface area contributed by atoms with E-state index in [2.05, 4.69) is 52.2 Å². The fraction of sp³-hybridized carbons (Fsp3) is 0.438. The molecule has 0 aliphatic carbocycles. The van der Waals surface area contributed by atoms with Crippen LogP contribution in [0.25, 0.3) is 0 Å². The van der Waals surface area contributed by atoms with Crippen molar-refractivity contribution in [2.75, 3.05) is 20.1 Å². The van der Waals surface area contributed by atoms with Gasteiger partial charge < -0.3 is 10.6 Å². The van der Waals surface area contributed by atoms with Crippen molar-refractivity contribution in [3.8, 4) is 0 Å². The number of likely N-dealkylation sites (N-methyl/N-ethyl adjacent to an activating group) is 1. The molecule has 0 aliphatic rings. The first kappa shape index (κ1) is 15.2. The molecule has 2 N–H and O–H groups in total. The van der Waals surface area contributed by atoms with Crippen molar-refractivity contribution in [3.63, 3.8) is 0 Å². The summed E-state index contributed by atoms with van der Waals surface area (Å²) in [5.41, 5.74) is 4.03. The van der Waals surface area contributed by atoms with Gasteiger partial charge in [-0.1, -0.05) is 24.3 Å². The first-order valence-electron chi connectivity index (χ1n) is 7.12. The molecule has 0 amide bonds. The van der Waals surface area contributed by atoms with E-state index in [4.69, 9.17) is 0 Å². The molecule has 0 saturated carbocycles. The maximum atomic E-state index is 4.48. The average Bonchev–Trinajstić information content (AvgIpc) is 2.88. The van der Waals surface area contributed by atoms with Crippen LogP contribution in [0.15, 0.2) is 29.6 Å². The number of rotatable bonds is 8. The maximum Gasteiger partial charge on any atom is 0.0897 e. The SMILES string of the molecule is CNCCc1ccccc1CNCCc1csc(C)n1. The third-order valence-corrected chi connectivity index (χ3v) is 4.12. The van der Waals surface area contributed by atoms with Gasteiger partial charge >= 0.3 is 0 Å². The van der Waals surface area contributed by atoms with E-state index < -0.39 is 0 Å². The zero-order chi connectivity index (χ0) is 14.2. The standard InChI is InChI=1S/C16H23N3S/c1-13-19-16(12-20-13)8-10-18-11-15-6-4-3-5-14(15)7-9-17-2/h3-6,12,17-18H,7-11H2,1-2H3. The van der Waals surface area contributed by atoms with Crippen molar-refractivity contribution < 1.29 is 0 Å². The Hall–Kier alpha value is -1.23. The molecule has 0 spiro atoms. The van der Waals surface area contributed by atoms with Crippen molar-refractivity contribution >= 4 is 11.3 Å². The highest BCUT2D eigenvalue weighted by Gasteiger charge is 2.02. The summed E-state index contributed by atoms with van der Waals surface area (Å²) >= 11 is 1.72. The summed E-state index contributed by atoms with van der Waals surface area (Å²) in [7, 11) is 2.00. The quantitative estimate of drug-likeness (QED) is 0.733. The normalized spacial score (nSPS) is 10.9. The number of nitrogens with one attached hydrogen (secondary N) is 2. The largest absolute Gasteiger partial charge is 0.319 e. The second-order valence-corrected chi connectivity index (χ2v) is 5.97. The van der Waals surface area contributed by atoms with E-state index in [-0.39, 0.29) is 0 Å². The monoisotopic (exact) mass is 289 g/mol. The molecule has 0 radical (unpaired) electrons. The third kappa shape index (κ3) is 4.71. The van der Waals surface area contributed by atoms with Crippen LogP contribution in [0.4, 0.5) is 0 Å². The minimum atomic E-state index is 0.934. The molecule has 1 aromatic carbocycles. The topological polar surface area (TPSA) is 37.0 Å². The molecule has 0 bridgehead atoms. The molecule has 20 heavy (non-hydrogen) atoms. The number of aromatic nitrogens is 1. The lowest BCUT2D eigenvalue weighted by atomic mass is 10.0. The van der Waals surface area contributed by atoms with Gasteiger partial charge in [0.15, 0.2) is 0 Å². The van der Waals surface area contributed by atoms with Crippen LogP contribution in [0, 0.1) is 6.92 Å². The molecule has 2 aromatic rings. The smallest absolute Gasteiger partial charge is 0.0897 e. The second kappa shape index (κ2) is 8.15. The van der Waals surface area contributed by atoms with Crippen LogP contribution in [-0.2, 0) is 19.4 Å². The zero-order valence-electron chi connectivity index (χ0n) is 12.3. The summed E-state index contributed by atoms with van der Waals surface area (Å²) in [5, 5.41) is 10.0. The lowest BCUT2D eigenvalue weighted by Crippen LogP contribution is -2.19. The molecule has 0 unspecified atom stereocenters. The van der Waals surface area contributed by atoms with Crippen LogP contribution in [-0.4, -0.2) is 25.1 Å². The molecule has 3 nitrogen and oxygen atoms in total. The number of hydrogen-bond acceptors (Lipinski definition) is 4. The predicted octanol–water partition coefficient (Wildman–Crippen LogP) is 2.55. The molecule has 0 fully saturated rings. The average molecular weight is 289 g/mol. The summed E-state index contributed by atoms with van der Waals surface area (Å²) in [6.07, 6.45) is 2.09. The fourth-order valence-corrected chi connectivity index (χ4v) is 2.84. The van der Waals surface area contributed by atoms with Gasteiger partial charge in [0.25, 0.3) is 0 Å². The van der Waals surface area contributed by atoms with Crippen LogP contribution in [0.5, 0.6) is 0 Å². The van der Waals surface area contributed by atoms with Crippen molar-refractivity contribution in [3.05, 3.63) is 51.5 Å². The Morgan fingerprint density at radius 1 is 1.10 bits per heavy atom. The van der Waals surface area contributed by atoms with Gasteiger partial charge in [-0.3, -0.25) is 0 Å². The molecule has 4 heteroatoms. The van der Waals surface area contributed by atoms with Crippen LogP contribution >= 0.6 is 11.3 Å². The molecule has 1 aromatic heterocycles. The van der Waals surface area contributed by atoms with E-state index in [9.17, 15) is 0 Å². The Morgan fingerprint density at radius 2 is 1.90 bits per heavy atom. The van der Waals surface area contributed by atoms with Crippen molar-refractivity contribution in [1.29, 1.82) is 0 Å². The summed E-state index contributed by atoms with van der Waals surface area (Å²) in [4.78, 5) is 4.48.